The average Bonchev–Trinajstić information content (AvgIpc) is 2.36. The van der Waals surface area contributed by atoms with E-state index in [1.165, 1.54) is 16.5 Å². The summed E-state index contributed by atoms with van der Waals surface area (Å²) < 4.78 is 0. The van der Waals surface area contributed by atoms with Crippen LogP contribution in [-0.2, 0) is 6.42 Å². The predicted octanol–water partition coefficient (Wildman–Crippen LogP) is 3.88. The van der Waals surface area contributed by atoms with Crippen LogP contribution >= 0.6 is 0 Å². The van der Waals surface area contributed by atoms with E-state index in [9.17, 15) is 4.79 Å². The molecule has 0 saturated heterocycles. The van der Waals surface area contributed by atoms with E-state index in [1.807, 2.05) is 18.2 Å². The summed E-state index contributed by atoms with van der Waals surface area (Å²) in [6.45, 7) is 4.39. The van der Waals surface area contributed by atoms with Gasteiger partial charge in [0.2, 0.25) is 0 Å². The number of carbonyl (C=O) groups excluding carboxylic acids is 1. The zero-order chi connectivity index (χ0) is 12.7. The van der Waals surface area contributed by atoms with E-state index in [2.05, 4.69) is 24.9 Å². The van der Waals surface area contributed by atoms with Gasteiger partial charge in [-0.15, -0.1) is 0 Å². The van der Waals surface area contributed by atoms with Crippen molar-refractivity contribution in [1.82, 2.24) is 4.98 Å². The molecule has 18 heavy (non-hydrogen) atoms. The third-order valence-electron chi connectivity index (χ3n) is 3.71. The molecule has 1 aliphatic carbocycles. The smallest absolute Gasteiger partial charge is 0.181 e. The van der Waals surface area contributed by atoms with Gasteiger partial charge in [0, 0.05) is 11.8 Å². The Morgan fingerprint density at radius 3 is 2.72 bits per heavy atom. The lowest BCUT2D eigenvalue weighted by Gasteiger charge is -2.21. The summed E-state index contributed by atoms with van der Waals surface area (Å²) in [5, 5.41) is 1.21. The van der Waals surface area contributed by atoms with Gasteiger partial charge >= 0.3 is 0 Å². The van der Waals surface area contributed by atoms with Gasteiger partial charge in [0.05, 0.1) is 5.52 Å². The van der Waals surface area contributed by atoms with E-state index in [0.717, 1.165) is 24.1 Å². The van der Waals surface area contributed by atoms with Crippen LogP contribution in [0.1, 0.15) is 54.2 Å². The highest BCUT2D eigenvalue weighted by Gasteiger charge is 2.24. The van der Waals surface area contributed by atoms with Gasteiger partial charge in [-0.25, -0.2) is 4.98 Å². The molecule has 2 nitrogen and oxygen atoms in total. The number of ketones is 1. The van der Waals surface area contributed by atoms with Crippen molar-refractivity contribution in [2.45, 2.75) is 39.0 Å². The summed E-state index contributed by atoms with van der Waals surface area (Å²) in [5.41, 5.74) is 4.20. The first-order valence-electron chi connectivity index (χ1n) is 6.63. The minimum atomic E-state index is 0.212. The number of hydrogen-bond donors (Lipinski definition) is 0. The number of hydrogen-bond acceptors (Lipinski definition) is 2. The maximum atomic E-state index is 12.0. The monoisotopic (exact) mass is 239 g/mol. The zero-order valence-electron chi connectivity index (χ0n) is 10.9. The Morgan fingerprint density at radius 2 is 1.94 bits per heavy atom. The minimum absolute atomic E-state index is 0.212. The molecule has 0 saturated carbocycles. The molecule has 3 rings (SSSR count). The highest BCUT2D eigenvalue weighted by Crippen LogP contribution is 2.33. The van der Waals surface area contributed by atoms with Gasteiger partial charge < -0.3 is 0 Å². The lowest BCUT2D eigenvalue weighted by Crippen LogP contribution is -2.16. The van der Waals surface area contributed by atoms with E-state index in [1.54, 1.807) is 0 Å². The van der Waals surface area contributed by atoms with E-state index < -0.39 is 0 Å². The molecule has 0 radical (unpaired) electrons. The number of Topliss-reactive ketones (excluding diaryl/α,β-unsaturated/α-hetero) is 1. The highest BCUT2D eigenvalue weighted by atomic mass is 16.1. The number of rotatable bonds is 1. The summed E-state index contributed by atoms with van der Waals surface area (Å²) in [6, 6.07) is 8.16. The van der Waals surface area contributed by atoms with Crippen molar-refractivity contribution in [1.29, 1.82) is 0 Å². The quantitative estimate of drug-likeness (QED) is 0.756. The van der Waals surface area contributed by atoms with E-state index >= 15 is 0 Å². The van der Waals surface area contributed by atoms with Crippen molar-refractivity contribution in [3.05, 3.63) is 41.1 Å². The second-order valence-corrected chi connectivity index (χ2v) is 5.30. The number of fused-ring (bicyclic) bond motifs is 2. The van der Waals surface area contributed by atoms with Crippen molar-refractivity contribution >= 4 is 16.7 Å². The normalized spacial score (nSPS) is 15.2. The lowest BCUT2D eigenvalue weighted by molar-refractivity contribution is 0.0967. The molecular formula is C16H17NO. The molecule has 1 aromatic carbocycles. The molecule has 0 atom stereocenters. The van der Waals surface area contributed by atoms with Crippen LogP contribution in [0.2, 0.25) is 0 Å². The van der Waals surface area contributed by atoms with Crippen LogP contribution < -0.4 is 0 Å². The molecule has 0 aliphatic heterocycles. The molecule has 2 aromatic rings. The third-order valence-corrected chi connectivity index (χ3v) is 3.71. The summed E-state index contributed by atoms with van der Waals surface area (Å²) in [6.07, 6.45) is 2.61. The van der Waals surface area contributed by atoms with Gasteiger partial charge in [-0.2, -0.15) is 0 Å². The molecule has 1 aromatic heterocycles. The summed E-state index contributed by atoms with van der Waals surface area (Å²) in [5.74, 6) is 0.640. The predicted molar refractivity (Wildman–Crippen MR) is 73.1 cm³/mol. The number of para-hydroxylation sites is 1. The Labute approximate surface area is 107 Å². The standard InChI is InChI=1S/C16H17NO/c1-10(2)15-11-6-3-4-8-13(11)17-16-12(15)7-5-9-14(16)18/h3-4,6,8,10H,5,7,9H2,1-2H3. The molecule has 2 heteroatoms. The Bertz CT molecular complexity index is 628. The largest absolute Gasteiger partial charge is 0.292 e. The van der Waals surface area contributed by atoms with Crippen molar-refractivity contribution in [3.8, 4) is 0 Å². The zero-order valence-corrected chi connectivity index (χ0v) is 10.9. The van der Waals surface area contributed by atoms with Crippen molar-refractivity contribution < 1.29 is 4.79 Å². The van der Waals surface area contributed by atoms with Crippen LogP contribution in [0.5, 0.6) is 0 Å². The van der Waals surface area contributed by atoms with Crippen LogP contribution in [-0.4, -0.2) is 10.8 Å². The van der Waals surface area contributed by atoms with E-state index in [0.29, 0.717) is 12.3 Å². The van der Waals surface area contributed by atoms with Crippen LogP contribution in [0.3, 0.4) is 0 Å². The fraction of sp³-hybridized carbons (Fsp3) is 0.375. The van der Waals surface area contributed by atoms with Gasteiger partial charge in [-0.1, -0.05) is 32.0 Å². The fourth-order valence-corrected chi connectivity index (χ4v) is 2.96. The number of pyridine rings is 1. The fourth-order valence-electron chi connectivity index (χ4n) is 2.96. The van der Waals surface area contributed by atoms with Gasteiger partial charge in [0.15, 0.2) is 5.78 Å². The van der Waals surface area contributed by atoms with Crippen molar-refractivity contribution in [2.75, 3.05) is 0 Å². The van der Waals surface area contributed by atoms with Gasteiger partial charge in [0.25, 0.3) is 0 Å². The number of nitrogens with zero attached hydrogens (tertiary/aromatic N) is 1. The van der Waals surface area contributed by atoms with E-state index in [4.69, 9.17) is 0 Å². The first-order chi connectivity index (χ1) is 8.68. The first kappa shape index (κ1) is 11.4. The summed E-state index contributed by atoms with van der Waals surface area (Å²) in [4.78, 5) is 16.6. The van der Waals surface area contributed by atoms with Gasteiger partial charge in [0.1, 0.15) is 5.69 Å². The van der Waals surface area contributed by atoms with Gasteiger partial charge in [-0.3, -0.25) is 4.79 Å². The Morgan fingerprint density at radius 1 is 1.17 bits per heavy atom. The Hall–Kier alpha value is -1.70. The number of carbonyl (C=O) groups is 1. The Kier molecular flexibility index (Phi) is 2.66. The lowest BCUT2D eigenvalue weighted by atomic mass is 9.85. The minimum Gasteiger partial charge on any atom is -0.292 e. The molecule has 0 fully saturated rings. The molecule has 0 amide bonds. The van der Waals surface area contributed by atoms with Crippen LogP contribution in [0.15, 0.2) is 24.3 Å². The number of aromatic nitrogens is 1. The molecule has 0 unspecified atom stereocenters. The SMILES string of the molecule is CC(C)c1c2c(nc3ccccc13)C(=O)CCC2. The average molecular weight is 239 g/mol. The van der Waals surface area contributed by atoms with Crippen LogP contribution in [0.25, 0.3) is 10.9 Å². The molecule has 0 spiro atoms. The van der Waals surface area contributed by atoms with E-state index in [-0.39, 0.29) is 5.78 Å². The van der Waals surface area contributed by atoms with Gasteiger partial charge in [-0.05, 0) is 36.0 Å². The number of benzene rings is 1. The second kappa shape index (κ2) is 4.20. The molecule has 1 aliphatic rings. The van der Waals surface area contributed by atoms with Crippen LogP contribution in [0.4, 0.5) is 0 Å². The molecular weight excluding hydrogens is 222 g/mol. The topological polar surface area (TPSA) is 30.0 Å². The van der Waals surface area contributed by atoms with Crippen LogP contribution in [0, 0.1) is 0 Å². The first-order valence-corrected chi connectivity index (χ1v) is 6.63. The molecule has 1 heterocycles. The summed E-state index contributed by atoms with van der Waals surface area (Å²) >= 11 is 0. The van der Waals surface area contributed by atoms with Crippen molar-refractivity contribution in [2.24, 2.45) is 0 Å². The maximum absolute atomic E-state index is 12.0. The van der Waals surface area contributed by atoms with Crippen molar-refractivity contribution in [3.63, 3.8) is 0 Å². The Balaban J connectivity index is 2.41. The summed E-state index contributed by atoms with van der Waals surface area (Å²) in [7, 11) is 0. The maximum Gasteiger partial charge on any atom is 0.181 e. The molecule has 0 N–H and O–H groups in total. The highest BCUT2D eigenvalue weighted by molar-refractivity contribution is 6.00. The second-order valence-electron chi connectivity index (χ2n) is 5.30. The molecule has 92 valence electrons. The third kappa shape index (κ3) is 1.64. The molecule has 0 bridgehead atoms.